The first kappa shape index (κ1) is 11.2. The summed E-state index contributed by atoms with van der Waals surface area (Å²) in [4.78, 5) is 0. The second kappa shape index (κ2) is 5.69. The Hall–Kier alpha value is -1.30. The lowest BCUT2D eigenvalue weighted by Crippen LogP contribution is -1.95. The first-order chi connectivity index (χ1) is 7.88. The number of allylic oxidation sites excluding steroid dienone is 4. The van der Waals surface area contributed by atoms with Crippen LogP contribution in [0.1, 0.15) is 31.7 Å². The highest BCUT2D eigenvalue weighted by molar-refractivity contribution is 5.31. The Morgan fingerprint density at radius 2 is 1.94 bits per heavy atom. The Labute approximate surface area is 98.7 Å². The molecule has 1 aliphatic rings. The summed E-state index contributed by atoms with van der Waals surface area (Å²) in [5.41, 5.74) is 2.97. The highest BCUT2D eigenvalue weighted by Gasteiger charge is 2.09. The van der Waals surface area contributed by atoms with Gasteiger partial charge in [-0.05, 0) is 30.7 Å². The van der Waals surface area contributed by atoms with Crippen molar-refractivity contribution in [3.05, 3.63) is 59.7 Å². The molecular weight excluding hydrogens is 192 g/mol. The van der Waals surface area contributed by atoms with Crippen LogP contribution in [0.2, 0.25) is 0 Å². The molecule has 0 fully saturated rings. The molecule has 0 spiro atoms. The molecule has 1 aromatic rings. The second-order valence-corrected chi connectivity index (χ2v) is 4.56. The van der Waals surface area contributed by atoms with Gasteiger partial charge in [-0.3, -0.25) is 0 Å². The number of hydrogen-bond acceptors (Lipinski definition) is 0. The molecule has 0 saturated heterocycles. The maximum absolute atomic E-state index is 2.43. The lowest BCUT2D eigenvalue weighted by molar-refractivity contribution is 0.783. The normalized spacial score (nSPS) is 18.8. The summed E-state index contributed by atoms with van der Waals surface area (Å²) in [5.74, 6) is 0.620. The standard InChI is InChI=1S/C16H20/c1-2-3-7-15-10-11-16(13-15)12-14-8-5-4-6-9-14/h4-6,8-11,13,16H,2-3,7,12H2,1H3. The quantitative estimate of drug-likeness (QED) is 0.672. The SMILES string of the molecule is CCCCC1=CC(Cc2ccccc2)C=C1. The fraction of sp³-hybridized carbons (Fsp3) is 0.375. The van der Waals surface area contributed by atoms with Crippen molar-refractivity contribution in [1.82, 2.24) is 0 Å². The fourth-order valence-corrected chi connectivity index (χ4v) is 2.19. The molecular formula is C16H20. The van der Waals surface area contributed by atoms with Crippen molar-refractivity contribution in [1.29, 1.82) is 0 Å². The first-order valence-electron chi connectivity index (χ1n) is 6.31. The molecule has 0 saturated carbocycles. The van der Waals surface area contributed by atoms with Crippen LogP contribution in [0.25, 0.3) is 0 Å². The molecule has 0 heterocycles. The van der Waals surface area contributed by atoms with Crippen LogP contribution in [0.15, 0.2) is 54.1 Å². The number of hydrogen-bond donors (Lipinski definition) is 0. The van der Waals surface area contributed by atoms with Crippen LogP contribution in [0, 0.1) is 5.92 Å². The molecule has 0 amide bonds. The Bertz CT molecular complexity index is 370. The molecule has 1 unspecified atom stereocenters. The smallest absolute Gasteiger partial charge is 0.000403 e. The van der Waals surface area contributed by atoms with Gasteiger partial charge in [-0.25, -0.2) is 0 Å². The van der Waals surface area contributed by atoms with Gasteiger partial charge in [-0.1, -0.05) is 67.5 Å². The maximum atomic E-state index is 2.43. The minimum atomic E-state index is 0.620. The predicted octanol–water partition coefficient (Wildman–Crippen LogP) is 4.53. The van der Waals surface area contributed by atoms with Crippen LogP contribution in [-0.2, 0) is 6.42 Å². The highest BCUT2D eigenvalue weighted by atomic mass is 14.1. The van der Waals surface area contributed by atoms with Crippen LogP contribution in [0.3, 0.4) is 0 Å². The number of benzene rings is 1. The van der Waals surface area contributed by atoms with E-state index in [1.54, 1.807) is 0 Å². The van der Waals surface area contributed by atoms with Crippen LogP contribution in [-0.4, -0.2) is 0 Å². The third-order valence-corrected chi connectivity index (χ3v) is 3.12. The zero-order valence-corrected chi connectivity index (χ0v) is 10.0. The largest absolute Gasteiger partial charge is 0.0770 e. The summed E-state index contributed by atoms with van der Waals surface area (Å²) in [6, 6.07) is 10.7. The van der Waals surface area contributed by atoms with Gasteiger partial charge in [0.1, 0.15) is 0 Å². The highest BCUT2D eigenvalue weighted by Crippen LogP contribution is 2.23. The molecule has 0 bridgehead atoms. The Balaban J connectivity index is 1.89. The van der Waals surface area contributed by atoms with Crippen molar-refractivity contribution in [2.24, 2.45) is 5.92 Å². The maximum Gasteiger partial charge on any atom is -0.000403 e. The van der Waals surface area contributed by atoms with Gasteiger partial charge in [0.25, 0.3) is 0 Å². The molecule has 0 radical (unpaired) electrons. The van der Waals surface area contributed by atoms with E-state index in [4.69, 9.17) is 0 Å². The molecule has 0 N–H and O–H groups in total. The zero-order valence-electron chi connectivity index (χ0n) is 10.0. The molecule has 84 valence electrons. The number of unbranched alkanes of at least 4 members (excludes halogenated alkanes) is 1. The second-order valence-electron chi connectivity index (χ2n) is 4.56. The molecule has 0 nitrogen and oxygen atoms in total. The van der Waals surface area contributed by atoms with Crippen LogP contribution >= 0.6 is 0 Å². The topological polar surface area (TPSA) is 0 Å². The first-order valence-corrected chi connectivity index (χ1v) is 6.31. The van der Waals surface area contributed by atoms with Gasteiger partial charge in [0, 0.05) is 0 Å². The van der Waals surface area contributed by atoms with E-state index in [0.717, 1.165) is 6.42 Å². The monoisotopic (exact) mass is 212 g/mol. The lowest BCUT2D eigenvalue weighted by Gasteiger charge is -2.05. The van der Waals surface area contributed by atoms with E-state index < -0.39 is 0 Å². The third-order valence-electron chi connectivity index (χ3n) is 3.12. The van der Waals surface area contributed by atoms with Gasteiger partial charge < -0.3 is 0 Å². The van der Waals surface area contributed by atoms with E-state index in [2.05, 4.69) is 55.5 Å². The summed E-state index contributed by atoms with van der Waals surface area (Å²) in [6.07, 6.45) is 12.1. The summed E-state index contributed by atoms with van der Waals surface area (Å²) < 4.78 is 0. The van der Waals surface area contributed by atoms with Gasteiger partial charge >= 0.3 is 0 Å². The molecule has 1 aromatic carbocycles. The average Bonchev–Trinajstić information content (AvgIpc) is 2.75. The molecule has 1 atom stereocenters. The van der Waals surface area contributed by atoms with Crippen molar-refractivity contribution in [2.45, 2.75) is 32.6 Å². The summed E-state index contributed by atoms with van der Waals surface area (Å²) >= 11 is 0. The Morgan fingerprint density at radius 3 is 2.69 bits per heavy atom. The summed E-state index contributed by atoms with van der Waals surface area (Å²) in [5, 5.41) is 0. The lowest BCUT2D eigenvalue weighted by atomic mass is 10.0. The van der Waals surface area contributed by atoms with Gasteiger partial charge in [0.05, 0.1) is 0 Å². The minimum Gasteiger partial charge on any atom is -0.0770 e. The average molecular weight is 212 g/mol. The van der Waals surface area contributed by atoms with E-state index in [1.807, 2.05) is 0 Å². The van der Waals surface area contributed by atoms with Gasteiger partial charge in [0.15, 0.2) is 0 Å². The Morgan fingerprint density at radius 1 is 1.12 bits per heavy atom. The van der Waals surface area contributed by atoms with Gasteiger partial charge in [-0.15, -0.1) is 0 Å². The molecule has 1 aliphatic carbocycles. The van der Waals surface area contributed by atoms with Crippen LogP contribution in [0.5, 0.6) is 0 Å². The fourth-order valence-electron chi connectivity index (χ4n) is 2.19. The minimum absolute atomic E-state index is 0.620. The van der Waals surface area contributed by atoms with Crippen molar-refractivity contribution in [3.8, 4) is 0 Å². The molecule has 16 heavy (non-hydrogen) atoms. The van der Waals surface area contributed by atoms with Gasteiger partial charge in [0.2, 0.25) is 0 Å². The van der Waals surface area contributed by atoms with Crippen molar-refractivity contribution < 1.29 is 0 Å². The molecule has 0 aliphatic heterocycles. The Kier molecular flexibility index (Phi) is 3.98. The van der Waals surface area contributed by atoms with Crippen molar-refractivity contribution >= 4 is 0 Å². The number of rotatable bonds is 5. The molecule has 0 aromatic heterocycles. The summed E-state index contributed by atoms with van der Waals surface area (Å²) in [6.45, 7) is 2.25. The van der Waals surface area contributed by atoms with Gasteiger partial charge in [-0.2, -0.15) is 0 Å². The van der Waals surface area contributed by atoms with Crippen molar-refractivity contribution in [2.75, 3.05) is 0 Å². The van der Waals surface area contributed by atoms with E-state index in [9.17, 15) is 0 Å². The van der Waals surface area contributed by atoms with Crippen LogP contribution in [0.4, 0.5) is 0 Å². The van der Waals surface area contributed by atoms with E-state index >= 15 is 0 Å². The molecule has 2 rings (SSSR count). The summed E-state index contributed by atoms with van der Waals surface area (Å²) in [7, 11) is 0. The van der Waals surface area contributed by atoms with E-state index in [-0.39, 0.29) is 0 Å². The van der Waals surface area contributed by atoms with Crippen LogP contribution < -0.4 is 0 Å². The predicted molar refractivity (Wildman–Crippen MR) is 70.4 cm³/mol. The van der Waals surface area contributed by atoms with E-state index in [0.29, 0.717) is 5.92 Å². The third kappa shape index (κ3) is 3.10. The van der Waals surface area contributed by atoms with Crippen molar-refractivity contribution in [3.63, 3.8) is 0 Å². The molecule has 0 heteroatoms. The van der Waals surface area contributed by atoms with E-state index in [1.165, 1.54) is 30.4 Å². The zero-order chi connectivity index (χ0) is 11.2.